The third kappa shape index (κ3) is 2.78. The van der Waals surface area contributed by atoms with Crippen LogP contribution in [0.3, 0.4) is 0 Å². The summed E-state index contributed by atoms with van der Waals surface area (Å²) in [5.41, 5.74) is 9.08. The summed E-state index contributed by atoms with van der Waals surface area (Å²) in [5.74, 6) is -0.397. The SMILES string of the molecule is N#C/C(=N\Nc1cccc2ncc(Cl)cc12)C(=N)N. The number of fused-ring (bicyclic) bond motifs is 1. The predicted octanol–water partition coefficient (Wildman–Crippen LogP) is 2.12. The monoisotopic (exact) mass is 272 g/mol. The van der Waals surface area contributed by atoms with Gasteiger partial charge in [-0.05, 0) is 18.2 Å². The van der Waals surface area contributed by atoms with Gasteiger partial charge in [-0.3, -0.25) is 15.8 Å². The largest absolute Gasteiger partial charge is 0.382 e. The van der Waals surface area contributed by atoms with E-state index in [1.807, 2.05) is 6.07 Å². The second kappa shape index (κ2) is 5.33. The Morgan fingerprint density at radius 3 is 3.00 bits per heavy atom. The Bertz CT molecular complexity index is 716. The van der Waals surface area contributed by atoms with Crippen LogP contribution in [0.5, 0.6) is 0 Å². The summed E-state index contributed by atoms with van der Waals surface area (Å²) in [6, 6.07) is 8.85. The Morgan fingerprint density at radius 2 is 2.32 bits per heavy atom. The highest BCUT2D eigenvalue weighted by Gasteiger charge is 2.04. The van der Waals surface area contributed by atoms with Gasteiger partial charge in [-0.1, -0.05) is 17.7 Å². The number of rotatable bonds is 3. The molecule has 2 aromatic rings. The first kappa shape index (κ1) is 12.8. The van der Waals surface area contributed by atoms with Crippen molar-refractivity contribution < 1.29 is 0 Å². The van der Waals surface area contributed by atoms with Crippen LogP contribution in [0.25, 0.3) is 10.9 Å². The van der Waals surface area contributed by atoms with E-state index >= 15 is 0 Å². The lowest BCUT2D eigenvalue weighted by atomic mass is 10.2. The second-order valence-electron chi connectivity index (χ2n) is 3.62. The molecule has 0 saturated carbocycles. The van der Waals surface area contributed by atoms with Crippen molar-refractivity contribution in [3.63, 3.8) is 0 Å². The molecule has 19 heavy (non-hydrogen) atoms. The molecule has 0 aliphatic carbocycles. The van der Waals surface area contributed by atoms with Crippen LogP contribution in [0.4, 0.5) is 5.69 Å². The summed E-state index contributed by atoms with van der Waals surface area (Å²) >= 11 is 5.90. The van der Waals surface area contributed by atoms with E-state index in [4.69, 9.17) is 28.0 Å². The van der Waals surface area contributed by atoms with E-state index in [1.54, 1.807) is 30.5 Å². The fourth-order valence-corrected chi connectivity index (χ4v) is 1.64. The molecule has 0 amide bonds. The zero-order valence-electron chi connectivity index (χ0n) is 9.68. The van der Waals surface area contributed by atoms with Gasteiger partial charge in [0.2, 0.25) is 5.71 Å². The van der Waals surface area contributed by atoms with Crippen molar-refractivity contribution in [2.75, 3.05) is 5.43 Å². The summed E-state index contributed by atoms with van der Waals surface area (Å²) in [4.78, 5) is 4.17. The van der Waals surface area contributed by atoms with Gasteiger partial charge in [-0.2, -0.15) is 10.4 Å². The van der Waals surface area contributed by atoms with Crippen LogP contribution in [-0.4, -0.2) is 16.5 Å². The number of nitriles is 1. The van der Waals surface area contributed by atoms with E-state index in [2.05, 4.69) is 15.5 Å². The molecule has 0 atom stereocenters. The molecule has 0 unspecified atom stereocenters. The van der Waals surface area contributed by atoms with Crippen molar-refractivity contribution in [2.24, 2.45) is 10.8 Å². The minimum Gasteiger partial charge on any atom is -0.382 e. The van der Waals surface area contributed by atoms with Crippen LogP contribution in [0.2, 0.25) is 5.02 Å². The number of pyridine rings is 1. The van der Waals surface area contributed by atoms with E-state index in [0.717, 1.165) is 10.9 Å². The molecule has 0 fully saturated rings. The number of anilines is 1. The van der Waals surface area contributed by atoms with E-state index < -0.39 is 5.84 Å². The number of amidine groups is 1. The summed E-state index contributed by atoms with van der Waals surface area (Å²) in [7, 11) is 0. The molecule has 4 N–H and O–H groups in total. The predicted molar refractivity (Wildman–Crippen MR) is 75.3 cm³/mol. The average Bonchev–Trinajstić information content (AvgIpc) is 2.39. The molecule has 0 aliphatic rings. The van der Waals surface area contributed by atoms with Gasteiger partial charge < -0.3 is 5.73 Å². The normalized spacial score (nSPS) is 11.1. The number of aromatic nitrogens is 1. The summed E-state index contributed by atoms with van der Waals surface area (Å²) in [6.07, 6.45) is 1.55. The van der Waals surface area contributed by atoms with E-state index in [-0.39, 0.29) is 5.71 Å². The Balaban J connectivity index is 2.44. The summed E-state index contributed by atoms with van der Waals surface area (Å²) in [5, 5.41) is 21.0. The lowest BCUT2D eigenvalue weighted by Gasteiger charge is -2.05. The Kier molecular flexibility index (Phi) is 3.59. The first-order valence-corrected chi connectivity index (χ1v) is 5.62. The number of hydrogen-bond donors (Lipinski definition) is 3. The van der Waals surface area contributed by atoms with Crippen molar-refractivity contribution in [3.8, 4) is 6.07 Å². The van der Waals surface area contributed by atoms with E-state index in [1.165, 1.54) is 0 Å². The highest BCUT2D eigenvalue weighted by molar-refractivity contribution is 6.45. The minimum atomic E-state index is -0.397. The third-order valence-corrected chi connectivity index (χ3v) is 2.55. The van der Waals surface area contributed by atoms with Crippen molar-refractivity contribution in [1.82, 2.24) is 4.98 Å². The number of nitrogens with two attached hydrogens (primary N) is 1. The van der Waals surface area contributed by atoms with Crippen LogP contribution in [0, 0.1) is 16.7 Å². The zero-order chi connectivity index (χ0) is 13.8. The molecular weight excluding hydrogens is 264 g/mol. The van der Waals surface area contributed by atoms with Crippen LogP contribution >= 0.6 is 11.6 Å². The van der Waals surface area contributed by atoms with Crippen LogP contribution in [0.1, 0.15) is 0 Å². The number of hydrogen-bond acceptors (Lipinski definition) is 5. The number of nitrogens with one attached hydrogen (secondary N) is 2. The van der Waals surface area contributed by atoms with Gasteiger partial charge >= 0.3 is 0 Å². The number of hydrazone groups is 1. The minimum absolute atomic E-state index is 0.188. The maximum atomic E-state index is 8.76. The molecule has 0 saturated heterocycles. The number of benzene rings is 1. The topological polar surface area (TPSA) is 111 Å². The van der Waals surface area contributed by atoms with Gasteiger partial charge in [0.05, 0.1) is 16.2 Å². The van der Waals surface area contributed by atoms with Crippen molar-refractivity contribution in [1.29, 1.82) is 10.7 Å². The molecule has 0 radical (unpaired) electrons. The van der Waals surface area contributed by atoms with Gasteiger partial charge in [0, 0.05) is 11.6 Å². The van der Waals surface area contributed by atoms with E-state index in [0.29, 0.717) is 10.7 Å². The van der Waals surface area contributed by atoms with Crippen molar-refractivity contribution in [2.45, 2.75) is 0 Å². The van der Waals surface area contributed by atoms with Crippen LogP contribution < -0.4 is 11.2 Å². The maximum absolute atomic E-state index is 8.76. The Labute approximate surface area is 114 Å². The standard InChI is InChI=1S/C12H9ClN6/c13-7-4-8-9(17-6-7)2-1-3-10(8)18-19-11(5-14)12(15)16/h1-4,6,18H,(H3,15,16)/b19-11+. The lowest BCUT2D eigenvalue weighted by Crippen LogP contribution is -2.21. The van der Waals surface area contributed by atoms with Crippen molar-refractivity contribution >= 4 is 39.7 Å². The molecule has 1 aromatic carbocycles. The smallest absolute Gasteiger partial charge is 0.201 e. The van der Waals surface area contributed by atoms with Crippen LogP contribution in [0.15, 0.2) is 35.6 Å². The Hall–Kier alpha value is -2.65. The molecule has 0 bridgehead atoms. The molecule has 1 heterocycles. The van der Waals surface area contributed by atoms with Crippen LogP contribution in [-0.2, 0) is 0 Å². The first-order chi connectivity index (χ1) is 9.11. The molecule has 7 heteroatoms. The zero-order valence-corrected chi connectivity index (χ0v) is 10.4. The molecule has 0 spiro atoms. The quantitative estimate of drug-likeness (QED) is 0.451. The maximum Gasteiger partial charge on any atom is 0.201 e. The molecule has 1 aromatic heterocycles. The first-order valence-electron chi connectivity index (χ1n) is 5.24. The number of halogens is 1. The summed E-state index contributed by atoms with van der Waals surface area (Å²) < 4.78 is 0. The molecule has 2 rings (SSSR count). The van der Waals surface area contributed by atoms with Gasteiger partial charge in [-0.15, -0.1) is 0 Å². The average molecular weight is 273 g/mol. The number of nitrogens with zero attached hydrogens (tertiary/aromatic N) is 3. The fourth-order valence-electron chi connectivity index (χ4n) is 1.48. The highest BCUT2D eigenvalue weighted by Crippen LogP contribution is 2.24. The fraction of sp³-hybridized carbons (Fsp3) is 0. The highest BCUT2D eigenvalue weighted by atomic mass is 35.5. The summed E-state index contributed by atoms with van der Waals surface area (Å²) in [6.45, 7) is 0. The van der Waals surface area contributed by atoms with Gasteiger partial charge in [0.15, 0.2) is 5.84 Å². The second-order valence-corrected chi connectivity index (χ2v) is 4.06. The molecule has 6 nitrogen and oxygen atoms in total. The van der Waals surface area contributed by atoms with Crippen molar-refractivity contribution in [3.05, 3.63) is 35.5 Å². The van der Waals surface area contributed by atoms with Gasteiger partial charge in [0.1, 0.15) is 6.07 Å². The third-order valence-electron chi connectivity index (χ3n) is 2.34. The molecular formula is C12H9ClN6. The van der Waals surface area contributed by atoms with Gasteiger partial charge in [0.25, 0.3) is 0 Å². The molecule has 94 valence electrons. The van der Waals surface area contributed by atoms with E-state index in [9.17, 15) is 0 Å². The lowest BCUT2D eigenvalue weighted by molar-refractivity contribution is 1.34. The van der Waals surface area contributed by atoms with Gasteiger partial charge in [-0.25, -0.2) is 0 Å². The molecule has 0 aliphatic heterocycles. The Morgan fingerprint density at radius 1 is 1.53 bits per heavy atom.